The lowest BCUT2D eigenvalue weighted by Crippen LogP contribution is -2.39. The van der Waals surface area contributed by atoms with Crippen LogP contribution in [0.4, 0.5) is 18.9 Å². The summed E-state index contributed by atoms with van der Waals surface area (Å²) in [5, 5.41) is 12.4. The Morgan fingerprint density at radius 2 is 1.38 bits per heavy atom. The Kier molecular flexibility index (Phi) is 16.3. The fraction of sp³-hybridized carbons (Fsp3) is 0.432. The highest BCUT2D eigenvalue weighted by Gasteiger charge is 2.37. The van der Waals surface area contributed by atoms with Crippen LogP contribution in [-0.4, -0.2) is 19.1 Å². The molecule has 1 atom stereocenters. The minimum Gasteiger partial charge on any atom is -0.489 e. The molecule has 52 heavy (non-hydrogen) atoms. The first kappa shape index (κ1) is 43.7. The Labute approximate surface area is 310 Å². The van der Waals surface area contributed by atoms with E-state index in [1.807, 2.05) is 53.4 Å². The zero-order valence-electron chi connectivity index (χ0n) is 30.1. The molecule has 4 aromatic carbocycles. The summed E-state index contributed by atoms with van der Waals surface area (Å²) in [4.78, 5) is 2.04. The van der Waals surface area contributed by atoms with Gasteiger partial charge in [0, 0.05) is 43.0 Å². The average molecular weight is 718 g/mol. The van der Waals surface area contributed by atoms with Crippen molar-refractivity contribution in [2.75, 3.05) is 18.0 Å². The number of alkyl halides is 3. The Morgan fingerprint density at radius 3 is 1.92 bits per heavy atom. The molecule has 282 valence electrons. The predicted molar refractivity (Wildman–Crippen MR) is 209 cm³/mol. The van der Waals surface area contributed by atoms with Crippen molar-refractivity contribution in [3.8, 4) is 17.6 Å². The zero-order chi connectivity index (χ0) is 36.4. The van der Waals surface area contributed by atoms with E-state index in [-0.39, 0.29) is 37.3 Å². The van der Waals surface area contributed by atoms with Gasteiger partial charge in [0.05, 0.1) is 17.2 Å². The standard InChI is InChI=1S/C26H31NO2.C16H19F3N2.2CH4/c1-26(2,3)20-27-17-23-14-15-24(28-18-21-10-6-4-7-11-21)16-25(23)29-19-22-12-8-5-9-13-22;1-15(2,3)14-5-4-8-21(14)12-7-6-11(10-20)13(9-12)16(17,18)19;;/h4-16,27H,17-20H2,1-3H3;6-7,9,14H,4-5,8H2,1-3H3;2*1H4. The summed E-state index contributed by atoms with van der Waals surface area (Å²) in [6, 6.07) is 32.4. The van der Waals surface area contributed by atoms with Gasteiger partial charge in [-0.05, 0) is 59.1 Å². The average Bonchev–Trinajstić information content (AvgIpc) is 3.58. The van der Waals surface area contributed by atoms with Crippen LogP contribution in [-0.2, 0) is 25.9 Å². The molecule has 0 bridgehead atoms. The third-order valence-corrected chi connectivity index (χ3v) is 8.51. The summed E-state index contributed by atoms with van der Waals surface area (Å²) in [7, 11) is 0. The Hall–Kier alpha value is -4.48. The number of nitrogens with one attached hydrogen (secondary N) is 1. The van der Waals surface area contributed by atoms with Crippen LogP contribution in [0, 0.1) is 22.2 Å². The molecule has 0 radical (unpaired) electrons. The van der Waals surface area contributed by atoms with E-state index in [9.17, 15) is 13.2 Å². The van der Waals surface area contributed by atoms with Crippen LogP contribution in [0.5, 0.6) is 11.5 Å². The first-order chi connectivity index (χ1) is 23.6. The number of benzene rings is 4. The molecule has 1 aliphatic heterocycles. The van der Waals surface area contributed by atoms with Gasteiger partial charge in [-0.25, -0.2) is 0 Å². The molecule has 1 heterocycles. The number of rotatable bonds is 10. The molecule has 1 aliphatic rings. The van der Waals surface area contributed by atoms with Gasteiger partial charge in [-0.2, -0.15) is 18.4 Å². The second kappa shape index (κ2) is 19.4. The molecule has 0 spiro atoms. The van der Waals surface area contributed by atoms with Crippen LogP contribution in [0.25, 0.3) is 0 Å². The Balaban J connectivity index is 0.000000363. The minimum absolute atomic E-state index is 0. The van der Waals surface area contributed by atoms with Gasteiger partial charge in [-0.1, -0.05) is 123 Å². The van der Waals surface area contributed by atoms with Crippen molar-refractivity contribution in [2.24, 2.45) is 10.8 Å². The van der Waals surface area contributed by atoms with Crippen molar-refractivity contribution >= 4 is 5.69 Å². The van der Waals surface area contributed by atoms with Gasteiger partial charge in [-0.3, -0.25) is 0 Å². The number of anilines is 1. The summed E-state index contributed by atoms with van der Waals surface area (Å²) in [6.45, 7) is 16.5. The SMILES string of the molecule is C.C.CC(C)(C)C1CCCN1c1ccc(C#N)c(C(F)(F)F)c1.CC(C)(C)CNCc1ccc(OCc2ccccc2)cc1OCc1ccccc1. The molecular formula is C44H58F3N3O2. The molecule has 8 heteroatoms. The van der Waals surface area contributed by atoms with Gasteiger partial charge < -0.3 is 19.7 Å². The Morgan fingerprint density at radius 1 is 0.788 bits per heavy atom. The van der Waals surface area contributed by atoms with Crippen LogP contribution in [0.1, 0.15) is 97.1 Å². The minimum atomic E-state index is -4.50. The summed E-state index contributed by atoms with van der Waals surface area (Å²) in [6.07, 6.45) is -2.55. The van der Waals surface area contributed by atoms with Crippen LogP contribution in [0.3, 0.4) is 0 Å². The molecule has 1 N–H and O–H groups in total. The van der Waals surface area contributed by atoms with Gasteiger partial charge in [-0.15, -0.1) is 0 Å². The van der Waals surface area contributed by atoms with Gasteiger partial charge >= 0.3 is 6.18 Å². The van der Waals surface area contributed by atoms with Crippen molar-refractivity contribution in [1.82, 2.24) is 5.32 Å². The summed E-state index contributed by atoms with van der Waals surface area (Å²) in [5.74, 6) is 1.68. The van der Waals surface area contributed by atoms with E-state index in [1.54, 1.807) is 12.1 Å². The van der Waals surface area contributed by atoms with Crippen LogP contribution in [0.15, 0.2) is 97.1 Å². The fourth-order valence-corrected chi connectivity index (χ4v) is 5.97. The molecule has 0 aliphatic carbocycles. The van der Waals surface area contributed by atoms with E-state index in [4.69, 9.17) is 14.7 Å². The maximum Gasteiger partial charge on any atom is 0.417 e. The zero-order valence-corrected chi connectivity index (χ0v) is 30.1. The van der Waals surface area contributed by atoms with Gasteiger partial charge in [0.15, 0.2) is 0 Å². The van der Waals surface area contributed by atoms with Crippen LogP contribution < -0.4 is 19.7 Å². The quantitative estimate of drug-likeness (QED) is 0.177. The summed E-state index contributed by atoms with van der Waals surface area (Å²) < 4.78 is 51.4. The summed E-state index contributed by atoms with van der Waals surface area (Å²) in [5.41, 5.74) is 3.06. The maximum atomic E-state index is 13.1. The summed E-state index contributed by atoms with van der Waals surface area (Å²) >= 11 is 0. The van der Waals surface area contributed by atoms with Crippen LogP contribution in [0.2, 0.25) is 0 Å². The molecule has 1 saturated heterocycles. The monoisotopic (exact) mass is 717 g/mol. The molecule has 0 saturated carbocycles. The van der Waals surface area contributed by atoms with Crippen molar-refractivity contribution in [3.63, 3.8) is 0 Å². The van der Waals surface area contributed by atoms with E-state index in [0.29, 0.717) is 18.9 Å². The van der Waals surface area contributed by atoms with Crippen molar-refractivity contribution in [2.45, 2.75) is 101 Å². The van der Waals surface area contributed by atoms with Crippen LogP contribution >= 0.6 is 0 Å². The molecule has 5 nitrogen and oxygen atoms in total. The van der Waals surface area contributed by atoms with Crippen molar-refractivity contribution in [3.05, 3.63) is 125 Å². The van der Waals surface area contributed by atoms with Gasteiger partial charge in [0.2, 0.25) is 0 Å². The highest BCUT2D eigenvalue weighted by Crippen LogP contribution is 2.39. The highest BCUT2D eigenvalue weighted by atomic mass is 19.4. The normalized spacial score (nSPS) is 14.2. The van der Waals surface area contributed by atoms with E-state index < -0.39 is 11.7 Å². The molecule has 1 unspecified atom stereocenters. The Bertz CT molecular complexity index is 1690. The lowest BCUT2D eigenvalue weighted by molar-refractivity contribution is -0.137. The van der Waals surface area contributed by atoms with E-state index in [2.05, 4.69) is 77.2 Å². The van der Waals surface area contributed by atoms with Crippen molar-refractivity contribution in [1.29, 1.82) is 5.26 Å². The molecule has 0 amide bonds. The third-order valence-electron chi connectivity index (χ3n) is 8.51. The topological polar surface area (TPSA) is 57.5 Å². The van der Waals surface area contributed by atoms with Crippen molar-refractivity contribution < 1.29 is 22.6 Å². The molecule has 1 fully saturated rings. The number of halogens is 3. The molecular weight excluding hydrogens is 659 g/mol. The molecule has 5 rings (SSSR count). The lowest BCUT2D eigenvalue weighted by Gasteiger charge is -2.36. The lowest BCUT2D eigenvalue weighted by atomic mass is 9.85. The molecule has 4 aromatic rings. The second-order valence-electron chi connectivity index (χ2n) is 15.0. The number of hydrogen-bond acceptors (Lipinski definition) is 5. The number of hydrogen-bond donors (Lipinski definition) is 1. The second-order valence-corrected chi connectivity index (χ2v) is 15.0. The maximum absolute atomic E-state index is 13.1. The highest BCUT2D eigenvalue weighted by molar-refractivity contribution is 5.56. The number of ether oxygens (including phenoxy) is 2. The predicted octanol–water partition coefficient (Wildman–Crippen LogP) is 11.8. The van der Waals surface area contributed by atoms with E-state index in [1.165, 1.54) is 6.07 Å². The van der Waals surface area contributed by atoms with Gasteiger partial charge in [0.25, 0.3) is 0 Å². The fourth-order valence-electron chi connectivity index (χ4n) is 5.97. The third kappa shape index (κ3) is 13.2. The van der Waals surface area contributed by atoms with E-state index in [0.717, 1.165) is 66.7 Å². The molecule has 0 aromatic heterocycles. The largest absolute Gasteiger partial charge is 0.489 e. The number of nitriles is 1. The smallest absolute Gasteiger partial charge is 0.417 e. The first-order valence-corrected chi connectivity index (χ1v) is 17.2. The first-order valence-electron chi connectivity index (χ1n) is 17.2. The van der Waals surface area contributed by atoms with Gasteiger partial charge in [0.1, 0.15) is 24.7 Å². The number of nitrogens with zero attached hydrogens (tertiary/aromatic N) is 2. The van der Waals surface area contributed by atoms with E-state index >= 15 is 0 Å².